The molecule has 1 aromatic carbocycles. The van der Waals surface area contributed by atoms with Crippen molar-refractivity contribution in [2.75, 3.05) is 5.32 Å². The zero-order valence-corrected chi connectivity index (χ0v) is 12.8. The quantitative estimate of drug-likeness (QED) is 0.835. The Morgan fingerprint density at radius 2 is 2.21 bits per heavy atom. The summed E-state index contributed by atoms with van der Waals surface area (Å²) in [5.74, 6) is 0. The summed E-state index contributed by atoms with van der Waals surface area (Å²) in [4.78, 5) is 4.76. The molecule has 3 rings (SSSR count). The number of hydrogen-bond acceptors (Lipinski definition) is 3. The van der Waals surface area contributed by atoms with Crippen LogP contribution in [0.2, 0.25) is 0 Å². The fourth-order valence-corrected chi connectivity index (χ4v) is 4.16. The van der Waals surface area contributed by atoms with Gasteiger partial charge in [-0.15, -0.1) is 0 Å². The molecule has 1 N–H and O–H groups in total. The highest BCUT2D eigenvalue weighted by molar-refractivity contribution is 7.22. The Hall–Kier alpha value is -1.09. The summed E-state index contributed by atoms with van der Waals surface area (Å²) in [5, 5.41) is 4.75. The molecule has 19 heavy (non-hydrogen) atoms. The van der Waals surface area contributed by atoms with E-state index in [2.05, 4.69) is 44.3 Å². The standard InChI is InChI=1S/C16H22N2S/c1-11-6-4-8-13-14(11)18-15(19-13)17-12-7-5-9-16(2,3)10-12/h4,6,8,12H,5,7,9-10H2,1-3H3,(H,17,18). The highest BCUT2D eigenvalue weighted by Crippen LogP contribution is 2.37. The average Bonchev–Trinajstić information content (AvgIpc) is 2.71. The van der Waals surface area contributed by atoms with E-state index in [0.717, 1.165) is 10.6 Å². The molecule has 0 bridgehead atoms. The second-order valence-electron chi connectivity index (χ2n) is 6.54. The molecule has 1 aliphatic rings. The molecule has 1 heterocycles. The van der Waals surface area contributed by atoms with Gasteiger partial charge < -0.3 is 5.32 Å². The molecule has 1 unspecified atom stereocenters. The normalized spacial score (nSPS) is 22.6. The first-order valence-corrected chi connectivity index (χ1v) is 7.98. The molecule has 1 aliphatic carbocycles. The molecule has 1 atom stereocenters. The maximum Gasteiger partial charge on any atom is 0.184 e. The third-order valence-corrected chi connectivity index (χ3v) is 5.11. The molecule has 0 spiro atoms. The van der Waals surface area contributed by atoms with Gasteiger partial charge in [0.15, 0.2) is 5.13 Å². The smallest absolute Gasteiger partial charge is 0.184 e. The minimum Gasteiger partial charge on any atom is -0.359 e. The largest absolute Gasteiger partial charge is 0.359 e. The predicted octanol–water partition coefficient (Wildman–Crippen LogP) is 4.99. The number of fused-ring (bicyclic) bond motifs is 1. The molecular formula is C16H22N2S. The minimum absolute atomic E-state index is 0.475. The summed E-state index contributed by atoms with van der Waals surface area (Å²) in [7, 11) is 0. The molecule has 2 nitrogen and oxygen atoms in total. The van der Waals surface area contributed by atoms with Crippen molar-refractivity contribution in [1.82, 2.24) is 4.98 Å². The van der Waals surface area contributed by atoms with Crippen molar-refractivity contribution in [3.63, 3.8) is 0 Å². The molecule has 0 aliphatic heterocycles. The van der Waals surface area contributed by atoms with Gasteiger partial charge in [0.05, 0.1) is 10.2 Å². The van der Waals surface area contributed by atoms with Crippen molar-refractivity contribution in [2.24, 2.45) is 5.41 Å². The number of nitrogens with zero attached hydrogens (tertiary/aromatic N) is 1. The molecule has 1 fully saturated rings. The van der Waals surface area contributed by atoms with E-state index < -0.39 is 0 Å². The van der Waals surface area contributed by atoms with Gasteiger partial charge in [0.25, 0.3) is 0 Å². The van der Waals surface area contributed by atoms with Crippen LogP contribution in [0.15, 0.2) is 18.2 Å². The van der Waals surface area contributed by atoms with Gasteiger partial charge in [0.1, 0.15) is 0 Å². The topological polar surface area (TPSA) is 24.9 Å². The van der Waals surface area contributed by atoms with E-state index in [9.17, 15) is 0 Å². The zero-order valence-electron chi connectivity index (χ0n) is 12.0. The molecule has 102 valence electrons. The van der Waals surface area contributed by atoms with Crippen LogP contribution in [0.3, 0.4) is 0 Å². The third-order valence-electron chi connectivity index (χ3n) is 4.15. The van der Waals surface area contributed by atoms with Crippen molar-refractivity contribution in [1.29, 1.82) is 0 Å². The third kappa shape index (κ3) is 2.76. The molecule has 0 radical (unpaired) electrons. The monoisotopic (exact) mass is 274 g/mol. The first-order chi connectivity index (χ1) is 9.03. The average molecular weight is 274 g/mol. The lowest BCUT2D eigenvalue weighted by atomic mass is 9.75. The van der Waals surface area contributed by atoms with E-state index in [1.54, 1.807) is 11.3 Å². The van der Waals surface area contributed by atoms with Crippen LogP contribution in [-0.2, 0) is 0 Å². The van der Waals surface area contributed by atoms with Crippen molar-refractivity contribution >= 4 is 26.7 Å². The summed E-state index contributed by atoms with van der Waals surface area (Å²) in [6, 6.07) is 7.00. The Labute approximate surface area is 119 Å². The number of para-hydroxylation sites is 1. The number of anilines is 1. The van der Waals surface area contributed by atoms with Gasteiger partial charge in [-0.2, -0.15) is 0 Å². The van der Waals surface area contributed by atoms with Crippen LogP contribution in [0.4, 0.5) is 5.13 Å². The van der Waals surface area contributed by atoms with Crippen LogP contribution in [0, 0.1) is 12.3 Å². The maximum absolute atomic E-state index is 4.76. The van der Waals surface area contributed by atoms with Crippen LogP contribution < -0.4 is 5.32 Å². The van der Waals surface area contributed by atoms with Crippen molar-refractivity contribution < 1.29 is 0 Å². The van der Waals surface area contributed by atoms with Gasteiger partial charge in [-0.1, -0.05) is 43.7 Å². The number of thiazole rings is 1. The molecule has 1 aromatic heterocycles. The zero-order chi connectivity index (χ0) is 13.5. The minimum atomic E-state index is 0.475. The summed E-state index contributed by atoms with van der Waals surface area (Å²) in [6.07, 6.45) is 5.21. The molecular weight excluding hydrogens is 252 g/mol. The van der Waals surface area contributed by atoms with Crippen molar-refractivity contribution in [3.05, 3.63) is 23.8 Å². The number of benzene rings is 1. The van der Waals surface area contributed by atoms with Gasteiger partial charge in [0, 0.05) is 6.04 Å². The van der Waals surface area contributed by atoms with Gasteiger partial charge in [-0.05, 0) is 43.2 Å². The Morgan fingerprint density at radius 1 is 1.37 bits per heavy atom. The van der Waals surface area contributed by atoms with Crippen LogP contribution in [-0.4, -0.2) is 11.0 Å². The van der Waals surface area contributed by atoms with E-state index >= 15 is 0 Å². The van der Waals surface area contributed by atoms with Gasteiger partial charge in [-0.25, -0.2) is 4.98 Å². The van der Waals surface area contributed by atoms with Crippen LogP contribution in [0.5, 0.6) is 0 Å². The Kier molecular flexibility index (Phi) is 3.25. The number of rotatable bonds is 2. The molecule has 0 saturated heterocycles. The SMILES string of the molecule is Cc1cccc2sc(NC3CCCC(C)(C)C3)nc12. The summed E-state index contributed by atoms with van der Waals surface area (Å²) >= 11 is 1.78. The number of hydrogen-bond donors (Lipinski definition) is 1. The Morgan fingerprint density at radius 3 is 2.95 bits per heavy atom. The maximum atomic E-state index is 4.76. The van der Waals surface area contributed by atoms with E-state index in [1.807, 2.05) is 0 Å². The van der Waals surface area contributed by atoms with E-state index in [1.165, 1.54) is 35.9 Å². The van der Waals surface area contributed by atoms with Crippen molar-refractivity contribution in [2.45, 2.75) is 52.5 Å². The highest BCUT2D eigenvalue weighted by atomic mass is 32.1. The predicted molar refractivity (Wildman–Crippen MR) is 84.0 cm³/mol. The Bertz CT molecular complexity index is 585. The van der Waals surface area contributed by atoms with Crippen LogP contribution >= 0.6 is 11.3 Å². The highest BCUT2D eigenvalue weighted by Gasteiger charge is 2.28. The second-order valence-corrected chi connectivity index (χ2v) is 7.57. The summed E-state index contributed by atoms with van der Waals surface area (Å²) in [6.45, 7) is 6.89. The summed E-state index contributed by atoms with van der Waals surface area (Å²) in [5.41, 5.74) is 2.90. The number of aryl methyl sites for hydroxylation is 1. The Balaban J connectivity index is 1.80. The fourth-order valence-electron chi connectivity index (χ4n) is 3.14. The van der Waals surface area contributed by atoms with Gasteiger partial charge >= 0.3 is 0 Å². The van der Waals surface area contributed by atoms with Crippen LogP contribution in [0.25, 0.3) is 10.2 Å². The summed E-state index contributed by atoms with van der Waals surface area (Å²) < 4.78 is 1.29. The molecule has 0 amide bonds. The van der Waals surface area contributed by atoms with E-state index in [-0.39, 0.29) is 0 Å². The first kappa shape index (κ1) is 12.9. The van der Waals surface area contributed by atoms with Gasteiger partial charge in [-0.3, -0.25) is 0 Å². The number of nitrogens with one attached hydrogen (secondary N) is 1. The number of aromatic nitrogens is 1. The lowest BCUT2D eigenvalue weighted by Crippen LogP contribution is -2.31. The molecule has 1 saturated carbocycles. The molecule has 3 heteroatoms. The van der Waals surface area contributed by atoms with Gasteiger partial charge in [0.2, 0.25) is 0 Å². The van der Waals surface area contributed by atoms with E-state index in [4.69, 9.17) is 4.98 Å². The lowest BCUT2D eigenvalue weighted by molar-refractivity contribution is 0.229. The first-order valence-electron chi connectivity index (χ1n) is 7.16. The van der Waals surface area contributed by atoms with Crippen molar-refractivity contribution in [3.8, 4) is 0 Å². The van der Waals surface area contributed by atoms with E-state index in [0.29, 0.717) is 11.5 Å². The second kappa shape index (κ2) is 4.78. The molecule has 2 aromatic rings. The van der Waals surface area contributed by atoms with Crippen LogP contribution in [0.1, 0.15) is 45.1 Å². The lowest BCUT2D eigenvalue weighted by Gasteiger charge is -2.35. The fraction of sp³-hybridized carbons (Fsp3) is 0.562.